The van der Waals surface area contributed by atoms with E-state index in [-0.39, 0.29) is 24.3 Å². The first-order valence-electron chi connectivity index (χ1n) is 6.16. The predicted octanol–water partition coefficient (Wildman–Crippen LogP) is 1.68. The summed E-state index contributed by atoms with van der Waals surface area (Å²) in [4.78, 5) is 19.3. The van der Waals surface area contributed by atoms with Gasteiger partial charge in [-0.1, -0.05) is 6.92 Å². The highest BCUT2D eigenvalue weighted by atomic mass is 16.4. The third-order valence-corrected chi connectivity index (χ3v) is 2.81. The largest absolute Gasteiger partial charge is 0.453 e. The zero-order valence-corrected chi connectivity index (χ0v) is 10.9. The minimum absolute atomic E-state index is 0.186. The lowest BCUT2D eigenvalue weighted by Gasteiger charge is -2.13. The van der Waals surface area contributed by atoms with Crippen LogP contribution in [-0.4, -0.2) is 21.0 Å². The summed E-state index contributed by atoms with van der Waals surface area (Å²) >= 11 is 0. The SMILES string of the molecule is CC[C@H](NC(=O)c1ccc(CO)o1)c1ncc(C)[nH]1. The fourth-order valence-electron chi connectivity index (χ4n) is 1.79. The van der Waals surface area contributed by atoms with Gasteiger partial charge in [0.25, 0.3) is 5.91 Å². The van der Waals surface area contributed by atoms with E-state index in [1.807, 2.05) is 13.8 Å². The summed E-state index contributed by atoms with van der Waals surface area (Å²) in [6, 6.07) is 2.93. The Morgan fingerprint density at radius 1 is 1.58 bits per heavy atom. The monoisotopic (exact) mass is 263 g/mol. The van der Waals surface area contributed by atoms with Gasteiger partial charge < -0.3 is 19.8 Å². The minimum atomic E-state index is -0.319. The number of aryl methyl sites for hydroxylation is 1. The summed E-state index contributed by atoms with van der Waals surface area (Å²) in [7, 11) is 0. The molecule has 6 heteroatoms. The van der Waals surface area contributed by atoms with E-state index >= 15 is 0 Å². The molecule has 0 unspecified atom stereocenters. The van der Waals surface area contributed by atoms with Crippen LogP contribution in [0.3, 0.4) is 0 Å². The van der Waals surface area contributed by atoms with Crippen molar-refractivity contribution in [3.8, 4) is 0 Å². The number of amides is 1. The third kappa shape index (κ3) is 3.03. The zero-order valence-electron chi connectivity index (χ0n) is 10.9. The highest BCUT2D eigenvalue weighted by molar-refractivity contribution is 5.91. The number of nitrogens with one attached hydrogen (secondary N) is 2. The van der Waals surface area contributed by atoms with Gasteiger partial charge in [-0.3, -0.25) is 4.79 Å². The molecule has 0 aliphatic carbocycles. The van der Waals surface area contributed by atoms with Crippen LogP contribution in [0.15, 0.2) is 22.7 Å². The van der Waals surface area contributed by atoms with Gasteiger partial charge in [0.2, 0.25) is 0 Å². The van der Waals surface area contributed by atoms with Crippen molar-refractivity contribution in [2.75, 3.05) is 0 Å². The lowest BCUT2D eigenvalue weighted by Crippen LogP contribution is -2.28. The molecule has 19 heavy (non-hydrogen) atoms. The van der Waals surface area contributed by atoms with E-state index in [9.17, 15) is 4.79 Å². The van der Waals surface area contributed by atoms with Gasteiger partial charge in [-0.15, -0.1) is 0 Å². The Hall–Kier alpha value is -2.08. The molecule has 0 fully saturated rings. The van der Waals surface area contributed by atoms with Crippen LogP contribution in [0.5, 0.6) is 0 Å². The summed E-state index contributed by atoms with van der Waals surface area (Å²) in [6.45, 7) is 3.65. The Morgan fingerprint density at radius 3 is 2.89 bits per heavy atom. The van der Waals surface area contributed by atoms with Crippen molar-refractivity contribution in [1.29, 1.82) is 0 Å². The molecule has 3 N–H and O–H groups in total. The van der Waals surface area contributed by atoms with Crippen LogP contribution in [0, 0.1) is 6.92 Å². The molecule has 1 atom stereocenters. The average molecular weight is 263 g/mol. The molecule has 0 aliphatic rings. The molecular formula is C13H17N3O3. The van der Waals surface area contributed by atoms with E-state index in [1.54, 1.807) is 18.3 Å². The number of aromatic nitrogens is 2. The van der Waals surface area contributed by atoms with Gasteiger partial charge >= 0.3 is 0 Å². The number of furan rings is 1. The highest BCUT2D eigenvalue weighted by Crippen LogP contribution is 2.15. The van der Waals surface area contributed by atoms with Gasteiger partial charge in [-0.2, -0.15) is 0 Å². The van der Waals surface area contributed by atoms with Crippen LogP contribution in [0.25, 0.3) is 0 Å². The van der Waals surface area contributed by atoms with Crippen LogP contribution >= 0.6 is 0 Å². The van der Waals surface area contributed by atoms with Gasteiger partial charge in [-0.25, -0.2) is 4.98 Å². The second-order valence-electron chi connectivity index (χ2n) is 4.31. The Balaban J connectivity index is 2.08. The minimum Gasteiger partial charge on any atom is -0.453 e. The second kappa shape index (κ2) is 5.71. The number of nitrogens with zero attached hydrogens (tertiary/aromatic N) is 1. The molecule has 6 nitrogen and oxygen atoms in total. The molecule has 2 aromatic rings. The summed E-state index contributed by atoms with van der Waals surface area (Å²) < 4.78 is 5.19. The topological polar surface area (TPSA) is 91.2 Å². The third-order valence-electron chi connectivity index (χ3n) is 2.81. The van der Waals surface area contributed by atoms with Crippen molar-refractivity contribution < 1.29 is 14.3 Å². The number of H-pyrrole nitrogens is 1. The number of aliphatic hydroxyl groups is 1. The van der Waals surface area contributed by atoms with Crippen LogP contribution in [0.2, 0.25) is 0 Å². The molecule has 0 saturated carbocycles. The molecule has 0 spiro atoms. The summed E-state index contributed by atoms with van der Waals surface area (Å²) in [6.07, 6.45) is 2.44. The molecule has 0 radical (unpaired) electrons. The second-order valence-corrected chi connectivity index (χ2v) is 4.31. The van der Waals surface area contributed by atoms with E-state index < -0.39 is 0 Å². The maximum atomic E-state index is 12.0. The lowest BCUT2D eigenvalue weighted by molar-refractivity contribution is 0.0901. The number of hydrogen-bond acceptors (Lipinski definition) is 4. The van der Waals surface area contributed by atoms with Crippen molar-refractivity contribution >= 4 is 5.91 Å². The van der Waals surface area contributed by atoms with E-state index in [0.717, 1.165) is 11.5 Å². The Kier molecular flexibility index (Phi) is 4.01. The molecule has 2 heterocycles. The first kappa shape index (κ1) is 13.4. The van der Waals surface area contributed by atoms with Gasteiger partial charge in [0.05, 0.1) is 6.04 Å². The Bertz CT molecular complexity index is 559. The maximum absolute atomic E-state index is 12.0. The molecule has 102 valence electrons. The van der Waals surface area contributed by atoms with Gasteiger partial charge in [0.15, 0.2) is 5.76 Å². The molecule has 0 aromatic carbocycles. The van der Waals surface area contributed by atoms with Crippen LogP contribution in [-0.2, 0) is 6.61 Å². The number of hydrogen-bond donors (Lipinski definition) is 3. The molecule has 2 aromatic heterocycles. The smallest absolute Gasteiger partial charge is 0.287 e. The predicted molar refractivity (Wildman–Crippen MR) is 68.5 cm³/mol. The normalized spacial score (nSPS) is 12.4. The number of carbonyl (C=O) groups is 1. The summed E-state index contributed by atoms with van der Waals surface area (Å²) in [5, 5.41) is 11.7. The van der Waals surface area contributed by atoms with E-state index in [0.29, 0.717) is 12.2 Å². The maximum Gasteiger partial charge on any atom is 0.287 e. The number of aliphatic hydroxyl groups excluding tert-OH is 1. The highest BCUT2D eigenvalue weighted by Gasteiger charge is 2.18. The first-order valence-corrected chi connectivity index (χ1v) is 6.16. The molecule has 0 aliphatic heterocycles. The van der Waals surface area contributed by atoms with Crippen molar-refractivity contribution in [1.82, 2.24) is 15.3 Å². The summed E-state index contributed by atoms with van der Waals surface area (Å²) in [5.41, 5.74) is 0.947. The van der Waals surface area contributed by atoms with Gasteiger partial charge in [-0.05, 0) is 25.5 Å². The van der Waals surface area contributed by atoms with Crippen molar-refractivity contribution in [2.45, 2.75) is 32.9 Å². The van der Waals surface area contributed by atoms with Crippen molar-refractivity contribution in [2.24, 2.45) is 0 Å². The van der Waals surface area contributed by atoms with Crippen molar-refractivity contribution in [3.63, 3.8) is 0 Å². The summed E-state index contributed by atoms with van der Waals surface area (Å²) in [5.74, 6) is 0.959. The van der Waals surface area contributed by atoms with E-state index in [1.165, 1.54) is 0 Å². The standard InChI is InChI=1S/C13H17N3O3/c1-3-10(12-14-6-8(2)15-12)16-13(18)11-5-4-9(7-17)19-11/h4-6,10,17H,3,7H2,1-2H3,(H,14,15)(H,16,18)/t10-/m0/s1. The Morgan fingerprint density at radius 2 is 2.37 bits per heavy atom. The average Bonchev–Trinajstić information content (AvgIpc) is 3.04. The number of carbonyl (C=O) groups excluding carboxylic acids is 1. The molecule has 1 amide bonds. The molecule has 0 saturated heterocycles. The van der Waals surface area contributed by atoms with E-state index in [4.69, 9.17) is 9.52 Å². The number of aromatic amines is 1. The molecule has 2 rings (SSSR count). The number of imidazole rings is 1. The zero-order chi connectivity index (χ0) is 13.8. The van der Waals surface area contributed by atoms with Gasteiger partial charge in [0, 0.05) is 11.9 Å². The van der Waals surface area contributed by atoms with Crippen LogP contribution in [0.4, 0.5) is 0 Å². The first-order chi connectivity index (χ1) is 9.13. The van der Waals surface area contributed by atoms with Crippen molar-refractivity contribution in [3.05, 3.63) is 41.4 Å². The fourth-order valence-corrected chi connectivity index (χ4v) is 1.79. The molecule has 0 bridgehead atoms. The number of rotatable bonds is 5. The van der Waals surface area contributed by atoms with Crippen LogP contribution in [0.1, 0.15) is 47.2 Å². The quantitative estimate of drug-likeness (QED) is 0.765. The lowest BCUT2D eigenvalue weighted by atomic mass is 10.2. The fraction of sp³-hybridized carbons (Fsp3) is 0.385. The van der Waals surface area contributed by atoms with Crippen LogP contribution < -0.4 is 5.32 Å². The molecular weight excluding hydrogens is 246 g/mol. The Labute approximate surface area is 110 Å². The van der Waals surface area contributed by atoms with Gasteiger partial charge in [0.1, 0.15) is 18.2 Å². The van der Waals surface area contributed by atoms with E-state index in [2.05, 4.69) is 15.3 Å².